The number of nitrogens with zero attached hydrogens (tertiary/aromatic N) is 1. The van der Waals surface area contributed by atoms with E-state index in [0.717, 1.165) is 17.8 Å². The number of piperidine rings is 1. The fourth-order valence-corrected chi connectivity index (χ4v) is 3.15. The molecule has 0 radical (unpaired) electrons. The van der Waals surface area contributed by atoms with Gasteiger partial charge in [-0.1, -0.05) is 12.5 Å². The quantitative estimate of drug-likeness (QED) is 0.837. The molecule has 1 aliphatic rings. The number of nitrogen functional groups attached to an aromatic ring is 1. The number of carbonyl (C=O) groups is 1. The lowest BCUT2D eigenvalue weighted by Gasteiger charge is -2.38. The van der Waals surface area contributed by atoms with Gasteiger partial charge in [0.1, 0.15) is 0 Å². The number of hydrogen-bond donors (Lipinski definition) is 2. The number of benzene rings is 1. The van der Waals surface area contributed by atoms with Crippen molar-refractivity contribution >= 4 is 17.3 Å². The number of anilines is 2. The van der Waals surface area contributed by atoms with Crippen LogP contribution in [0.2, 0.25) is 0 Å². The highest BCUT2D eigenvalue weighted by atomic mass is 16.1. The van der Waals surface area contributed by atoms with E-state index in [0.29, 0.717) is 24.2 Å². The van der Waals surface area contributed by atoms with E-state index in [9.17, 15) is 4.79 Å². The molecule has 4 heteroatoms. The van der Waals surface area contributed by atoms with Gasteiger partial charge in [0.15, 0.2) is 0 Å². The molecule has 1 aromatic carbocycles. The predicted molar refractivity (Wildman–Crippen MR) is 88.3 cm³/mol. The minimum atomic E-state index is 0.0636. The van der Waals surface area contributed by atoms with Gasteiger partial charge in [-0.3, -0.25) is 9.69 Å². The molecule has 1 amide bonds. The third kappa shape index (κ3) is 3.97. The van der Waals surface area contributed by atoms with Crippen LogP contribution in [0.4, 0.5) is 11.4 Å². The molecule has 2 atom stereocenters. The van der Waals surface area contributed by atoms with E-state index in [1.165, 1.54) is 19.3 Å². The van der Waals surface area contributed by atoms with Gasteiger partial charge in [0.25, 0.3) is 0 Å². The SMILES string of the molecule is Cc1c(N)cccc1NC(=O)CCN1C(C)CCCC1C. The number of amides is 1. The summed E-state index contributed by atoms with van der Waals surface area (Å²) in [7, 11) is 0. The summed E-state index contributed by atoms with van der Waals surface area (Å²) >= 11 is 0. The van der Waals surface area contributed by atoms with Crippen LogP contribution in [0.1, 0.15) is 45.1 Å². The number of likely N-dealkylation sites (tertiary alicyclic amines) is 1. The first kappa shape index (κ1) is 15.8. The smallest absolute Gasteiger partial charge is 0.225 e. The average molecular weight is 289 g/mol. The number of nitrogens with two attached hydrogens (primary N) is 1. The van der Waals surface area contributed by atoms with Crippen LogP contribution in [0.5, 0.6) is 0 Å². The maximum atomic E-state index is 12.2. The Hall–Kier alpha value is -1.55. The average Bonchev–Trinajstić information content (AvgIpc) is 2.43. The van der Waals surface area contributed by atoms with E-state index in [2.05, 4.69) is 24.1 Å². The fraction of sp³-hybridized carbons (Fsp3) is 0.588. The number of carbonyl (C=O) groups excluding carboxylic acids is 1. The second-order valence-corrected chi connectivity index (χ2v) is 6.18. The van der Waals surface area contributed by atoms with Crippen LogP contribution in [0.15, 0.2) is 18.2 Å². The molecule has 1 heterocycles. The van der Waals surface area contributed by atoms with Crippen LogP contribution >= 0.6 is 0 Å². The lowest BCUT2D eigenvalue weighted by atomic mass is 9.97. The van der Waals surface area contributed by atoms with Gasteiger partial charge in [-0.15, -0.1) is 0 Å². The van der Waals surface area contributed by atoms with Crippen LogP contribution < -0.4 is 11.1 Å². The Labute approximate surface area is 127 Å². The maximum absolute atomic E-state index is 12.2. The molecule has 0 spiro atoms. The monoisotopic (exact) mass is 289 g/mol. The second-order valence-electron chi connectivity index (χ2n) is 6.18. The van der Waals surface area contributed by atoms with Crippen LogP contribution in [0.25, 0.3) is 0 Å². The molecule has 21 heavy (non-hydrogen) atoms. The van der Waals surface area contributed by atoms with E-state index in [-0.39, 0.29) is 5.91 Å². The number of rotatable bonds is 4. The van der Waals surface area contributed by atoms with Crippen LogP contribution in [0.3, 0.4) is 0 Å². The summed E-state index contributed by atoms with van der Waals surface area (Å²) in [5.74, 6) is 0.0636. The number of hydrogen-bond acceptors (Lipinski definition) is 3. The van der Waals surface area contributed by atoms with Gasteiger partial charge in [0, 0.05) is 36.4 Å². The first-order chi connectivity index (χ1) is 9.99. The molecule has 0 aliphatic carbocycles. The van der Waals surface area contributed by atoms with Crippen molar-refractivity contribution in [1.29, 1.82) is 0 Å². The van der Waals surface area contributed by atoms with Crippen molar-refractivity contribution < 1.29 is 4.79 Å². The van der Waals surface area contributed by atoms with Gasteiger partial charge in [0.2, 0.25) is 5.91 Å². The predicted octanol–water partition coefficient (Wildman–Crippen LogP) is 3.17. The lowest BCUT2D eigenvalue weighted by Crippen LogP contribution is -2.44. The largest absolute Gasteiger partial charge is 0.398 e. The van der Waals surface area contributed by atoms with E-state index in [4.69, 9.17) is 5.73 Å². The van der Waals surface area contributed by atoms with Gasteiger partial charge in [0.05, 0.1) is 0 Å². The van der Waals surface area contributed by atoms with Gasteiger partial charge in [-0.2, -0.15) is 0 Å². The molecule has 116 valence electrons. The Morgan fingerprint density at radius 2 is 2.00 bits per heavy atom. The van der Waals surface area contributed by atoms with Crippen LogP contribution in [-0.2, 0) is 4.79 Å². The summed E-state index contributed by atoms with van der Waals surface area (Å²) in [5, 5.41) is 2.97. The lowest BCUT2D eigenvalue weighted by molar-refractivity contribution is -0.116. The molecule has 2 rings (SSSR count). The molecule has 0 saturated carbocycles. The maximum Gasteiger partial charge on any atom is 0.225 e. The molecule has 1 fully saturated rings. The van der Waals surface area contributed by atoms with Crippen molar-refractivity contribution in [3.8, 4) is 0 Å². The zero-order chi connectivity index (χ0) is 15.4. The van der Waals surface area contributed by atoms with Crippen molar-refractivity contribution in [2.24, 2.45) is 0 Å². The third-order valence-electron chi connectivity index (χ3n) is 4.62. The topological polar surface area (TPSA) is 58.4 Å². The minimum Gasteiger partial charge on any atom is -0.398 e. The van der Waals surface area contributed by atoms with Gasteiger partial charge < -0.3 is 11.1 Å². The Bertz CT molecular complexity index is 491. The molecule has 4 nitrogen and oxygen atoms in total. The molecule has 1 saturated heterocycles. The van der Waals surface area contributed by atoms with Gasteiger partial charge in [-0.05, 0) is 51.3 Å². The minimum absolute atomic E-state index is 0.0636. The normalized spacial score (nSPS) is 23.0. The first-order valence-corrected chi connectivity index (χ1v) is 7.89. The van der Waals surface area contributed by atoms with Crippen molar-refractivity contribution in [2.75, 3.05) is 17.6 Å². The zero-order valence-corrected chi connectivity index (χ0v) is 13.4. The molecule has 0 bridgehead atoms. The fourth-order valence-electron chi connectivity index (χ4n) is 3.15. The highest BCUT2D eigenvalue weighted by Crippen LogP contribution is 2.23. The second kappa shape index (κ2) is 6.94. The van der Waals surface area contributed by atoms with Crippen LogP contribution in [0, 0.1) is 6.92 Å². The van der Waals surface area contributed by atoms with Gasteiger partial charge in [-0.25, -0.2) is 0 Å². The molecule has 1 aromatic rings. The highest BCUT2D eigenvalue weighted by molar-refractivity contribution is 5.92. The van der Waals surface area contributed by atoms with Gasteiger partial charge >= 0.3 is 0 Å². The Balaban J connectivity index is 1.88. The van der Waals surface area contributed by atoms with Crippen molar-refractivity contribution in [3.05, 3.63) is 23.8 Å². The zero-order valence-electron chi connectivity index (χ0n) is 13.4. The summed E-state index contributed by atoms with van der Waals surface area (Å²) in [6.07, 6.45) is 4.30. The summed E-state index contributed by atoms with van der Waals surface area (Å²) in [4.78, 5) is 14.6. The first-order valence-electron chi connectivity index (χ1n) is 7.89. The molecule has 1 aliphatic heterocycles. The highest BCUT2D eigenvalue weighted by Gasteiger charge is 2.24. The van der Waals surface area contributed by atoms with Crippen molar-refractivity contribution in [3.63, 3.8) is 0 Å². The molecule has 3 N–H and O–H groups in total. The molecule has 2 unspecified atom stereocenters. The van der Waals surface area contributed by atoms with E-state index < -0.39 is 0 Å². The standard InChI is InChI=1S/C17H27N3O/c1-12-6-4-7-13(2)20(12)11-10-17(21)19-16-9-5-8-15(18)14(16)3/h5,8-9,12-13H,4,6-7,10-11,18H2,1-3H3,(H,19,21). The summed E-state index contributed by atoms with van der Waals surface area (Å²) in [5.41, 5.74) is 8.33. The third-order valence-corrected chi connectivity index (χ3v) is 4.62. The summed E-state index contributed by atoms with van der Waals surface area (Å²) in [6.45, 7) is 7.28. The van der Waals surface area contributed by atoms with E-state index in [1.54, 1.807) is 0 Å². The molecular weight excluding hydrogens is 262 g/mol. The van der Waals surface area contributed by atoms with E-state index >= 15 is 0 Å². The Morgan fingerprint density at radius 1 is 1.33 bits per heavy atom. The summed E-state index contributed by atoms with van der Waals surface area (Å²) < 4.78 is 0. The van der Waals surface area contributed by atoms with Crippen LogP contribution in [-0.4, -0.2) is 29.4 Å². The molecule has 0 aromatic heterocycles. The number of nitrogens with one attached hydrogen (secondary N) is 1. The van der Waals surface area contributed by atoms with E-state index in [1.807, 2.05) is 25.1 Å². The van der Waals surface area contributed by atoms with Crippen molar-refractivity contribution in [1.82, 2.24) is 4.90 Å². The Kier molecular flexibility index (Phi) is 5.23. The van der Waals surface area contributed by atoms with Crippen molar-refractivity contribution in [2.45, 2.75) is 58.5 Å². The molecular formula is C17H27N3O. The summed E-state index contributed by atoms with van der Waals surface area (Å²) in [6, 6.07) is 6.77. The Morgan fingerprint density at radius 3 is 2.67 bits per heavy atom.